The minimum absolute atomic E-state index is 0.0591. The second-order valence-corrected chi connectivity index (χ2v) is 13.2. The fourth-order valence-corrected chi connectivity index (χ4v) is 5.81. The smallest absolute Gasteiger partial charge is 0.305 e. The Morgan fingerprint density at radius 2 is 1.47 bits per heavy atom. The number of hydrogen-bond donors (Lipinski definition) is 1. The van der Waals surface area contributed by atoms with Crippen LogP contribution in [-0.2, 0) is 21.7 Å². The molecule has 49 heavy (non-hydrogen) atoms. The fourth-order valence-electron chi connectivity index (χ4n) is 4.34. The van der Waals surface area contributed by atoms with E-state index in [4.69, 9.17) is 4.84 Å². The molecule has 0 saturated heterocycles. The highest BCUT2D eigenvalue weighted by Crippen LogP contribution is 2.54. The quantitative estimate of drug-likeness (QED) is 0.125. The van der Waals surface area contributed by atoms with Crippen molar-refractivity contribution in [3.8, 4) is 6.07 Å². The van der Waals surface area contributed by atoms with Crippen LogP contribution in [0.4, 0.5) is 40.8 Å². The summed E-state index contributed by atoms with van der Waals surface area (Å²) in [7, 11) is 0. The predicted octanol–water partition coefficient (Wildman–Crippen LogP) is 8.82. The van der Waals surface area contributed by atoms with Gasteiger partial charge in [0.2, 0.25) is 5.91 Å². The van der Waals surface area contributed by atoms with Gasteiger partial charge in [0, 0.05) is 39.5 Å². The average molecular weight is 827 g/mol. The van der Waals surface area contributed by atoms with Gasteiger partial charge in [0.1, 0.15) is 0 Å². The van der Waals surface area contributed by atoms with E-state index >= 15 is 4.39 Å². The summed E-state index contributed by atoms with van der Waals surface area (Å²) >= 11 is 5.59. The van der Waals surface area contributed by atoms with Crippen molar-refractivity contribution in [3.63, 3.8) is 0 Å². The molecule has 0 aromatic heterocycles. The monoisotopic (exact) mass is 825 g/mol. The Hall–Kier alpha value is -3.88. The maximum atomic E-state index is 16.1. The van der Waals surface area contributed by atoms with Crippen LogP contribution in [0.25, 0.3) is 0 Å². The van der Waals surface area contributed by atoms with E-state index in [1.807, 2.05) is 6.07 Å². The molecule has 7 nitrogen and oxygen atoms in total. The van der Waals surface area contributed by atoms with Crippen LogP contribution in [0.1, 0.15) is 64.6 Å². The number of nitrogens with one attached hydrogen (secondary N) is 1. The molecule has 0 unspecified atom stereocenters. The molecule has 0 aliphatic rings. The van der Waals surface area contributed by atoms with Gasteiger partial charge < -0.3 is 4.90 Å². The van der Waals surface area contributed by atoms with E-state index in [1.54, 1.807) is 20.8 Å². The molecule has 0 spiro atoms. The molecular weight excluding hydrogens is 802 g/mol. The number of carbonyl (C=O) groups excluding carboxylic acids is 3. The molecule has 1 N–H and O–H groups in total. The molecule has 262 valence electrons. The van der Waals surface area contributed by atoms with Gasteiger partial charge in [-0.3, -0.25) is 19.2 Å². The normalized spacial score (nSPS) is 12.3. The number of amides is 2. The van der Waals surface area contributed by atoms with Crippen LogP contribution in [0.3, 0.4) is 0 Å². The second kappa shape index (κ2) is 14.9. The van der Waals surface area contributed by atoms with Gasteiger partial charge in [0.05, 0.1) is 28.5 Å². The highest BCUT2D eigenvalue weighted by molar-refractivity contribution is 9.11. The molecule has 0 saturated carbocycles. The molecule has 0 fully saturated rings. The lowest BCUT2D eigenvalue weighted by atomic mass is 9.92. The van der Waals surface area contributed by atoms with Crippen LogP contribution in [0.15, 0.2) is 63.5 Å². The molecule has 0 atom stereocenters. The number of carbonyl (C=O) groups is 3. The summed E-state index contributed by atoms with van der Waals surface area (Å²) in [6.07, 6.45) is -14.0. The van der Waals surface area contributed by atoms with E-state index < -0.39 is 92.2 Å². The van der Waals surface area contributed by atoms with Gasteiger partial charge >= 0.3 is 18.0 Å². The first-order valence-electron chi connectivity index (χ1n) is 13.9. The van der Waals surface area contributed by atoms with Crippen LogP contribution in [0.2, 0.25) is 0 Å². The standard InChI is InChI=1S/C32H25Br2F8N3O4/c1-29(2,3)49-44-26(47)10-11-45(28(48)18-7-4-6-17(12-18)16-43)24-9-5-8-20(27(24)35)25(46)15-21-22(33)13-19(14-23(21)34)30(36,31(37,38)39)32(40,41)42/h4-9,12-14H,10-11,15H2,1-3H3,(H,44,47). The van der Waals surface area contributed by atoms with Gasteiger partial charge in [-0.25, -0.2) is 14.3 Å². The van der Waals surface area contributed by atoms with Gasteiger partial charge in [-0.05, 0) is 68.8 Å². The van der Waals surface area contributed by atoms with Gasteiger partial charge in [-0.2, -0.15) is 31.6 Å². The zero-order valence-corrected chi connectivity index (χ0v) is 28.8. The van der Waals surface area contributed by atoms with Crippen molar-refractivity contribution < 1.29 is 54.3 Å². The third-order valence-electron chi connectivity index (χ3n) is 6.74. The first-order valence-corrected chi connectivity index (χ1v) is 15.5. The van der Waals surface area contributed by atoms with Crippen molar-refractivity contribution in [1.82, 2.24) is 5.48 Å². The molecular formula is C32H25Br2F8N3O4. The zero-order chi connectivity index (χ0) is 37.1. The molecule has 0 bridgehead atoms. The van der Waals surface area contributed by atoms with Crippen molar-refractivity contribution in [2.24, 2.45) is 0 Å². The number of Topliss-reactive ketones (excluding diaryl/α,β-unsaturated/α-hetero) is 1. The molecule has 2 amide bonds. The van der Waals surface area contributed by atoms with E-state index in [-0.39, 0.29) is 28.8 Å². The van der Waals surface area contributed by atoms with Crippen molar-refractivity contribution >= 4 is 55.1 Å². The first kappa shape index (κ1) is 39.6. The predicted molar refractivity (Wildman–Crippen MR) is 168 cm³/mol. The van der Waals surface area contributed by atoms with Crippen molar-refractivity contribution in [2.75, 3.05) is 11.4 Å². The minimum atomic E-state index is -6.38. The van der Waals surface area contributed by atoms with Crippen LogP contribution in [0, 0.1) is 17.1 Å². The van der Waals surface area contributed by atoms with Gasteiger partial charge in [0.25, 0.3) is 5.91 Å². The Balaban J connectivity index is 2.02. The highest BCUT2D eigenvalue weighted by atomic mass is 79.9. The number of alkyl halides is 7. The average Bonchev–Trinajstić information content (AvgIpc) is 3.00. The molecule has 0 aliphatic heterocycles. The van der Waals surface area contributed by atoms with Crippen LogP contribution < -0.4 is 10.4 Å². The Kier molecular flexibility index (Phi) is 12.1. The van der Waals surface area contributed by atoms with Crippen molar-refractivity contribution in [1.29, 1.82) is 5.26 Å². The third kappa shape index (κ3) is 9.03. The lowest BCUT2D eigenvalue weighted by molar-refractivity contribution is -0.348. The summed E-state index contributed by atoms with van der Waals surface area (Å²) in [6.45, 7) is 4.54. The minimum Gasteiger partial charge on any atom is -0.305 e. The second-order valence-electron chi connectivity index (χ2n) is 11.5. The highest BCUT2D eigenvalue weighted by Gasteiger charge is 2.73. The number of hydroxylamine groups is 1. The number of nitriles is 1. The molecule has 0 heterocycles. The molecule has 17 heteroatoms. The number of ketones is 1. The number of anilines is 1. The Morgan fingerprint density at radius 1 is 0.898 bits per heavy atom. The van der Waals surface area contributed by atoms with E-state index in [0.29, 0.717) is 0 Å². The molecule has 0 aliphatic carbocycles. The zero-order valence-electron chi connectivity index (χ0n) is 25.6. The van der Waals surface area contributed by atoms with Crippen LogP contribution in [-0.4, -0.2) is 42.1 Å². The molecule has 3 aromatic carbocycles. The fraction of sp³-hybridized carbons (Fsp3) is 0.312. The van der Waals surface area contributed by atoms with E-state index in [1.165, 1.54) is 30.3 Å². The maximum absolute atomic E-state index is 16.1. The number of hydrogen-bond acceptors (Lipinski definition) is 5. The number of rotatable bonds is 10. The Bertz CT molecular complexity index is 1760. The largest absolute Gasteiger partial charge is 0.435 e. The Labute approximate surface area is 291 Å². The summed E-state index contributed by atoms with van der Waals surface area (Å²) in [5.41, 5.74) is -7.40. The number of nitrogens with zero attached hydrogens (tertiary/aromatic N) is 2. The van der Waals surface area contributed by atoms with E-state index in [2.05, 4.69) is 37.3 Å². The molecule has 3 rings (SSSR count). The van der Waals surface area contributed by atoms with Gasteiger partial charge in [-0.1, -0.05) is 44.0 Å². The lowest BCUT2D eigenvalue weighted by Crippen LogP contribution is -2.50. The van der Waals surface area contributed by atoms with Crippen molar-refractivity contribution in [2.45, 2.75) is 57.2 Å². The topological polar surface area (TPSA) is 99.5 Å². The third-order valence-corrected chi connectivity index (χ3v) is 8.16. The van der Waals surface area contributed by atoms with Gasteiger partial charge in [-0.15, -0.1) is 0 Å². The van der Waals surface area contributed by atoms with E-state index in [0.717, 1.165) is 17.0 Å². The SMILES string of the molecule is CC(C)(C)ONC(=O)CCN(C(=O)c1cccc(C#N)c1)c1cccc(C(=O)Cc2c(Br)cc(C(F)(C(F)(F)F)C(F)(F)F)cc2Br)c1F. The Morgan fingerprint density at radius 3 is 2.00 bits per heavy atom. The van der Waals surface area contributed by atoms with Crippen LogP contribution in [0.5, 0.6) is 0 Å². The van der Waals surface area contributed by atoms with Crippen molar-refractivity contribution in [3.05, 3.63) is 97.2 Å². The number of benzene rings is 3. The van der Waals surface area contributed by atoms with Gasteiger partial charge in [0.15, 0.2) is 11.6 Å². The first-order chi connectivity index (χ1) is 22.5. The summed E-state index contributed by atoms with van der Waals surface area (Å²) in [5.74, 6) is -3.81. The number of halogens is 10. The summed E-state index contributed by atoms with van der Waals surface area (Å²) < 4.78 is 110. The van der Waals surface area contributed by atoms with Crippen LogP contribution >= 0.6 is 31.9 Å². The lowest BCUT2D eigenvalue weighted by Gasteiger charge is -2.31. The summed E-state index contributed by atoms with van der Waals surface area (Å²) in [6, 6.07) is 11.1. The van der Waals surface area contributed by atoms with E-state index in [9.17, 15) is 50.4 Å². The molecule has 0 radical (unpaired) electrons. The summed E-state index contributed by atoms with van der Waals surface area (Å²) in [5, 5.41) is 9.26. The maximum Gasteiger partial charge on any atom is 0.435 e. The summed E-state index contributed by atoms with van der Waals surface area (Å²) in [4.78, 5) is 45.5. The molecule has 3 aromatic rings.